The molecule has 0 unspecified atom stereocenters. The SMILES string of the molecule is CN(C)c1ccc(C2=CC=CC2)c(C(=N)c2ccccc2)c1. The Morgan fingerprint density at radius 2 is 1.82 bits per heavy atom. The Morgan fingerprint density at radius 1 is 1.05 bits per heavy atom. The molecule has 1 aliphatic carbocycles. The highest BCUT2D eigenvalue weighted by Gasteiger charge is 2.15. The van der Waals surface area contributed by atoms with E-state index in [-0.39, 0.29) is 0 Å². The van der Waals surface area contributed by atoms with Gasteiger partial charge in [-0.3, -0.25) is 5.41 Å². The second kappa shape index (κ2) is 6.02. The zero-order chi connectivity index (χ0) is 15.5. The van der Waals surface area contributed by atoms with Crippen LogP contribution in [-0.4, -0.2) is 19.8 Å². The van der Waals surface area contributed by atoms with Crippen LogP contribution < -0.4 is 4.90 Å². The second-order valence-electron chi connectivity index (χ2n) is 5.69. The molecule has 0 fully saturated rings. The smallest absolute Gasteiger partial charge is 0.0691 e. The van der Waals surface area contributed by atoms with Crippen LogP contribution in [0.3, 0.4) is 0 Å². The normalized spacial score (nSPS) is 13.1. The van der Waals surface area contributed by atoms with Crippen LogP contribution in [0, 0.1) is 5.41 Å². The summed E-state index contributed by atoms with van der Waals surface area (Å²) in [6, 6.07) is 16.3. The van der Waals surface area contributed by atoms with Crippen LogP contribution in [0.1, 0.15) is 23.1 Å². The summed E-state index contributed by atoms with van der Waals surface area (Å²) in [6.07, 6.45) is 7.33. The number of benzene rings is 2. The van der Waals surface area contributed by atoms with E-state index in [0.29, 0.717) is 5.71 Å². The minimum absolute atomic E-state index is 0.576. The Balaban J connectivity index is 2.10. The van der Waals surface area contributed by atoms with E-state index in [0.717, 1.165) is 28.8 Å². The maximum Gasteiger partial charge on any atom is 0.0691 e. The first-order valence-corrected chi connectivity index (χ1v) is 7.48. The maximum absolute atomic E-state index is 8.65. The van der Waals surface area contributed by atoms with Gasteiger partial charge in [-0.15, -0.1) is 0 Å². The van der Waals surface area contributed by atoms with Crippen molar-refractivity contribution in [3.05, 3.63) is 83.4 Å². The molecule has 2 aromatic carbocycles. The Bertz CT molecular complexity index is 753. The topological polar surface area (TPSA) is 27.1 Å². The lowest BCUT2D eigenvalue weighted by molar-refractivity contribution is 1.13. The average molecular weight is 288 g/mol. The van der Waals surface area contributed by atoms with E-state index in [1.807, 2.05) is 44.4 Å². The number of hydrogen-bond donors (Lipinski definition) is 1. The van der Waals surface area contributed by atoms with Crippen molar-refractivity contribution in [2.45, 2.75) is 6.42 Å². The predicted molar refractivity (Wildman–Crippen MR) is 94.9 cm³/mol. The molecule has 1 N–H and O–H groups in total. The third-order valence-corrected chi connectivity index (χ3v) is 3.97. The lowest BCUT2D eigenvalue weighted by Crippen LogP contribution is -2.12. The molecule has 0 heterocycles. The van der Waals surface area contributed by atoms with E-state index in [9.17, 15) is 0 Å². The van der Waals surface area contributed by atoms with Crippen molar-refractivity contribution in [2.75, 3.05) is 19.0 Å². The average Bonchev–Trinajstić information content (AvgIpc) is 3.08. The van der Waals surface area contributed by atoms with E-state index >= 15 is 0 Å². The molecule has 2 heteroatoms. The van der Waals surface area contributed by atoms with Crippen LogP contribution in [0.5, 0.6) is 0 Å². The summed E-state index contributed by atoms with van der Waals surface area (Å²) in [6.45, 7) is 0. The van der Waals surface area contributed by atoms with Gasteiger partial charge in [-0.05, 0) is 29.7 Å². The minimum atomic E-state index is 0.576. The van der Waals surface area contributed by atoms with Gasteiger partial charge in [-0.25, -0.2) is 0 Å². The Hall–Kier alpha value is -2.61. The van der Waals surface area contributed by atoms with E-state index in [2.05, 4.69) is 41.3 Å². The number of allylic oxidation sites excluding steroid dienone is 4. The van der Waals surface area contributed by atoms with Crippen LogP contribution in [0.25, 0.3) is 5.57 Å². The maximum atomic E-state index is 8.65. The van der Waals surface area contributed by atoms with E-state index in [1.54, 1.807) is 0 Å². The molecule has 2 nitrogen and oxygen atoms in total. The molecule has 0 radical (unpaired) electrons. The predicted octanol–water partition coefficient (Wildman–Crippen LogP) is 4.51. The molecule has 3 rings (SSSR count). The quantitative estimate of drug-likeness (QED) is 0.823. The highest BCUT2D eigenvalue weighted by Crippen LogP contribution is 2.30. The Morgan fingerprint density at radius 3 is 2.45 bits per heavy atom. The molecule has 0 saturated heterocycles. The molecular weight excluding hydrogens is 268 g/mol. The molecule has 0 saturated carbocycles. The van der Waals surface area contributed by atoms with Crippen molar-refractivity contribution in [3.63, 3.8) is 0 Å². The first-order valence-electron chi connectivity index (χ1n) is 7.48. The summed E-state index contributed by atoms with van der Waals surface area (Å²) in [5.41, 5.74) is 6.07. The molecule has 0 aromatic heterocycles. The van der Waals surface area contributed by atoms with Crippen molar-refractivity contribution >= 4 is 17.0 Å². The molecule has 0 aliphatic heterocycles. The van der Waals surface area contributed by atoms with Gasteiger partial charge in [0.15, 0.2) is 0 Å². The minimum Gasteiger partial charge on any atom is -0.378 e. The van der Waals surface area contributed by atoms with Gasteiger partial charge < -0.3 is 4.90 Å². The van der Waals surface area contributed by atoms with E-state index in [4.69, 9.17) is 5.41 Å². The zero-order valence-electron chi connectivity index (χ0n) is 13.0. The lowest BCUT2D eigenvalue weighted by atomic mass is 9.92. The zero-order valence-corrected chi connectivity index (χ0v) is 13.0. The first kappa shape index (κ1) is 14.3. The third-order valence-electron chi connectivity index (χ3n) is 3.97. The van der Waals surface area contributed by atoms with E-state index in [1.165, 1.54) is 5.57 Å². The van der Waals surface area contributed by atoms with Gasteiger partial charge in [0.1, 0.15) is 0 Å². The van der Waals surface area contributed by atoms with Crippen LogP contribution in [0.15, 0.2) is 66.8 Å². The standard InChI is InChI=1S/C20H20N2/c1-22(2)17-12-13-18(15-8-6-7-9-15)19(14-17)20(21)16-10-4-3-5-11-16/h3-8,10-14,21H,9H2,1-2H3. The van der Waals surface area contributed by atoms with Gasteiger partial charge >= 0.3 is 0 Å². The van der Waals surface area contributed by atoms with Gasteiger partial charge in [0.05, 0.1) is 5.71 Å². The van der Waals surface area contributed by atoms with Crippen molar-refractivity contribution in [3.8, 4) is 0 Å². The van der Waals surface area contributed by atoms with Crippen molar-refractivity contribution < 1.29 is 0 Å². The number of nitrogens with zero attached hydrogens (tertiary/aromatic N) is 1. The molecule has 0 atom stereocenters. The molecule has 0 bridgehead atoms. The Kier molecular flexibility index (Phi) is 3.92. The van der Waals surface area contributed by atoms with Crippen LogP contribution in [0.2, 0.25) is 0 Å². The van der Waals surface area contributed by atoms with Crippen molar-refractivity contribution in [2.24, 2.45) is 0 Å². The van der Waals surface area contributed by atoms with Gasteiger partial charge in [0.2, 0.25) is 0 Å². The fourth-order valence-corrected chi connectivity index (χ4v) is 2.70. The highest BCUT2D eigenvalue weighted by atomic mass is 15.1. The van der Waals surface area contributed by atoms with Crippen LogP contribution in [-0.2, 0) is 0 Å². The van der Waals surface area contributed by atoms with Gasteiger partial charge in [-0.2, -0.15) is 0 Å². The van der Waals surface area contributed by atoms with E-state index < -0.39 is 0 Å². The fourth-order valence-electron chi connectivity index (χ4n) is 2.70. The number of nitrogens with one attached hydrogen (secondary N) is 1. The van der Waals surface area contributed by atoms with Crippen molar-refractivity contribution in [1.29, 1.82) is 5.41 Å². The second-order valence-corrected chi connectivity index (χ2v) is 5.69. The van der Waals surface area contributed by atoms with Gasteiger partial charge in [-0.1, -0.05) is 54.6 Å². The highest BCUT2D eigenvalue weighted by molar-refractivity contribution is 6.14. The number of hydrogen-bond acceptors (Lipinski definition) is 2. The molecule has 110 valence electrons. The summed E-state index contributed by atoms with van der Waals surface area (Å²) in [5, 5.41) is 8.65. The summed E-state index contributed by atoms with van der Waals surface area (Å²) in [4.78, 5) is 2.08. The fraction of sp³-hybridized carbons (Fsp3) is 0.150. The summed E-state index contributed by atoms with van der Waals surface area (Å²) < 4.78 is 0. The summed E-state index contributed by atoms with van der Waals surface area (Å²) in [7, 11) is 4.06. The lowest BCUT2D eigenvalue weighted by Gasteiger charge is -2.18. The third kappa shape index (κ3) is 2.73. The molecule has 22 heavy (non-hydrogen) atoms. The molecule has 2 aromatic rings. The van der Waals surface area contributed by atoms with Gasteiger partial charge in [0, 0.05) is 30.9 Å². The van der Waals surface area contributed by atoms with Gasteiger partial charge in [0.25, 0.3) is 0 Å². The van der Waals surface area contributed by atoms with Crippen LogP contribution >= 0.6 is 0 Å². The summed E-state index contributed by atoms with van der Waals surface area (Å²) in [5.74, 6) is 0. The molecule has 1 aliphatic rings. The Labute approximate surface area is 131 Å². The molecule has 0 amide bonds. The molecular formula is C20H20N2. The van der Waals surface area contributed by atoms with Crippen LogP contribution in [0.4, 0.5) is 5.69 Å². The monoisotopic (exact) mass is 288 g/mol. The molecule has 0 spiro atoms. The number of anilines is 1. The summed E-state index contributed by atoms with van der Waals surface area (Å²) >= 11 is 0. The largest absolute Gasteiger partial charge is 0.378 e. The number of rotatable bonds is 4. The first-order chi connectivity index (χ1) is 10.7. The van der Waals surface area contributed by atoms with Crippen molar-refractivity contribution in [1.82, 2.24) is 0 Å².